The Morgan fingerprint density at radius 1 is 1.33 bits per heavy atom. The molecule has 1 fully saturated rings. The number of ether oxygens (including phenoxy) is 2. The maximum Gasteiger partial charge on any atom is 0.240 e. The zero-order chi connectivity index (χ0) is 13.5. The van der Waals surface area contributed by atoms with Gasteiger partial charge in [-0.05, 0) is 19.3 Å². The Balaban J connectivity index is 2.36. The van der Waals surface area contributed by atoms with Gasteiger partial charge >= 0.3 is 0 Å². The van der Waals surface area contributed by atoms with Gasteiger partial charge in [0.1, 0.15) is 0 Å². The summed E-state index contributed by atoms with van der Waals surface area (Å²) in [5.74, 6) is 0.744. The molecule has 1 N–H and O–H groups in total. The first-order valence-corrected chi connectivity index (χ1v) is 6.69. The van der Waals surface area contributed by atoms with Gasteiger partial charge in [-0.2, -0.15) is 0 Å². The van der Waals surface area contributed by atoms with Gasteiger partial charge in [0.15, 0.2) is 0 Å². The molecule has 106 valence electrons. The van der Waals surface area contributed by atoms with Gasteiger partial charge in [0.25, 0.3) is 0 Å². The molecule has 2 atom stereocenters. The van der Waals surface area contributed by atoms with E-state index in [4.69, 9.17) is 9.47 Å². The van der Waals surface area contributed by atoms with Crippen molar-refractivity contribution in [2.45, 2.75) is 39.4 Å². The Kier molecular flexibility index (Phi) is 6.60. The SMILES string of the molecule is COCCOCCN1C(=O)C(C)NC1CC(C)C. The number of carbonyl (C=O) groups is 1. The second-order valence-corrected chi connectivity index (χ2v) is 5.17. The lowest BCUT2D eigenvalue weighted by Crippen LogP contribution is -2.40. The van der Waals surface area contributed by atoms with Crippen molar-refractivity contribution < 1.29 is 14.3 Å². The number of hydrogen-bond donors (Lipinski definition) is 1. The first kappa shape index (κ1) is 15.4. The van der Waals surface area contributed by atoms with Crippen LogP contribution in [-0.2, 0) is 14.3 Å². The van der Waals surface area contributed by atoms with E-state index in [0.717, 1.165) is 6.42 Å². The summed E-state index contributed by atoms with van der Waals surface area (Å²) in [7, 11) is 1.65. The van der Waals surface area contributed by atoms with Gasteiger partial charge in [-0.15, -0.1) is 0 Å². The molecule has 0 bridgehead atoms. The fourth-order valence-electron chi connectivity index (χ4n) is 2.17. The molecule has 1 rings (SSSR count). The summed E-state index contributed by atoms with van der Waals surface area (Å²) in [6, 6.07) is -0.0762. The summed E-state index contributed by atoms with van der Waals surface area (Å²) < 4.78 is 10.3. The number of amides is 1. The van der Waals surface area contributed by atoms with E-state index in [2.05, 4.69) is 19.2 Å². The van der Waals surface area contributed by atoms with Crippen LogP contribution in [0.3, 0.4) is 0 Å². The largest absolute Gasteiger partial charge is 0.382 e. The number of rotatable bonds is 8. The monoisotopic (exact) mass is 258 g/mol. The molecule has 5 nitrogen and oxygen atoms in total. The van der Waals surface area contributed by atoms with Gasteiger partial charge < -0.3 is 14.4 Å². The molecule has 18 heavy (non-hydrogen) atoms. The molecule has 0 spiro atoms. The Hall–Kier alpha value is -0.650. The highest BCUT2D eigenvalue weighted by Gasteiger charge is 2.35. The number of methoxy groups -OCH3 is 1. The predicted molar refractivity (Wildman–Crippen MR) is 70.2 cm³/mol. The first-order valence-electron chi connectivity index (χ1n) is 6.69. The third kappa shape index (κ3) is 4.55. The molecule has 5 heteroatoms. The first-order chi connectivity index (χ1) is 8.56. The van der Waals surface area contributed by atoms with Crippen molar-refractivity contribution in [2.24, 2.45) is 5.92 Å². The molecule has 0 radical (unpaired) electrons. The zero-order valence-corrected chi connectivity index (χ0v) is 11.9. The second kappa shape index (κ2) is 7.71. The van der Waals surface area contributed by atoms with Crippen molar-refractivity contribution in [3.63, 3.8) is 0 Å². The highest BCUT2D eigenvalue weighted by Crippen LogP contribution is 2.17. The van der Waals surface area contributed by atoms with Crippen LogP contribution < -0.4 is 5.32 Å². The Morgan fingerprint density at radius 2 is 2.06 bits per heavy atom. The predicted octanol–water partition coefficient (Wildman–Crippen LogP) is 0.842. The Labute approximate surface area is 110 Å². The molecule has 1 heterocycles. The molecule has 0 aromatic rings. The van der Waals surface area contributed by atoms with E-state index in [1.807, 2.05) is 11.8 Å². The van der Waals surface area contributed by atoms with Crippen LogP contribution in [0.1, 0.15) is 27.2 Å². The number of carbonyl (C=O) groups excluding carboxylic acids is 1. The molecule has 1 amide bonds. The minimum atomic E-state index is -0.0762. The molecule has 0 aromatic carbocycles. The molecule has 0 aromatic heterocycles. The highest BCUT2D eigenvalue weighted by molar-refractivity contribution is 5.83. The fraction of sp³-hybridized carbons (Fsp3) is 0.923. The average molecular weight is 258 g/mol. The van der Waals surface area contributed by atoms with Gasteiger partial charge in [0.05, 0.1) is 32.0 Å². The summed E-state index contributed by atoms with van der Waals surface area (Å²) in [6.07, 6.45) is 1.13. The van der Waals surface area contributed by atoms with Gasteiger partial charge in [-0.3, -0.25) is 10.1 Å². The third-order valence-electron chi connectivity index (χ3n) is 3.08. The summed E-state index contributed by atoms with van der Waals surface area (Å²) in [4.78, 5) is 13.9. The van der Waals surface area contributed by atoms with Crippen molar-refractivity contribution in [1.82, 2.24) is 10.2 Å². The molecule has 1 aliphatic heterocycles. The zero-order valence-electron chi connectivity index (χ0n) is 11.9. The van der Waals surface area contributed by atoms with Crippen molar-refractivity contribution in [3.8, 4) is 0 Å². The number of hydrogen-bond acceptors (Lipinski definition) is 4. The van der Waals surface area contributed by atoms with E-state index in [1.165, 1.54) is 0 Å². The molecule has 0 aliphatic carbocycles. The summed E-state index contributed by atoms with van der Waals surface area (Å²) in [5.41, 5.74) is 0. The van der Waals surface area contributed by atoms with E-state index in [0.29, 0.717) is 32.3 Å². The lowest BCUT2D eigenvalue weighted by Gasteiger charge is -2.25. The van der Waals surface area contributed by atoms with E-state index >= 15 is 0 Å². The lowest BCUT2D eigenvalue weighted by atomic mass is 10.1. The van der Waals surface area contributed by atoms with Gasteiger partial charge in [0, 0.05) is 13.7 Å². The molecule has 0 saturated carbocycles. The van der Waals surface area contributed by atoms with Crippen molar-refractivity contribution >= 4 is 5.91 Å². The standard InChI is InChI=1S/C13H26N2O3/c1-10(2)9-12-14-11(3)13(16)15(12)5-6-18-8-7-17-4/h10-12,14H,5-9H2,1-4H3. The topological polar surface area (TPSA) is 50.8 Å². The smallest absolute Gasteiger partial charge is 0.240 e. The van der Waals surface area contributed by atoms with Crippen LogP contribution in [0, 0.1) is 5.92 Å². The van der Waals surface area contributed by atoms with Gasteiger partial charge in [-0.1, -0.05) is 13.8 Å². The minimum Gasteiger partial charge on any atom is -0.382 e. The fourth-order valence-corrected chi connectivity index (χ4v) is 2.17. The minimum absolute atomic E-state index is 0.0762. The molecular weight excluding hydrogens is 232 g/mol. The van der Waals surface area contributed by atoms with Gasteiger partial charge in [0.2, 0.25) is 5.91 Å². The molecular formula is C13H26N2O3. The van der Waals surface area contributed by atoms with E-state index in [9.17, 15) is 4.79 Å². The van der Waals surface area contributed by atoms with Crippen LogP contribution in [0.25, 0.3) is 0 Å². The van der Waals surface area contributed by atoms with E-state index in [1.54, 1.807) is 7.11 Å². The second-order valence-electron chi connectivity index (χ2n) is 5.17. The maximum atomic E-state index is 12.0. The average Bonchev–Trinajstić information content (AvgIpc) is 2.55. The van der Waals surface area contributed by atoms with Crippen LogP contribution in [0.15, 0.2) is 0 Å². The van der Waals surface area contributed by atoms with Crippen LogP contribution in [0.4, 0.5) is 0 Å². The summed E-state index contributed by atoms with van der Waals surface area (Å²) in [5, 5.41) is 3.33. The summed E-state index contributed by atoms with van der Waals surface area (Å²) in [6.45, 7) is 8.65. The molecule has 1 aliphatic rings. The van der Waals surface area contributed by atoms with Crippen LogP contribution in [0.2, 0.25) is 0 Å². The molecule has 2 unspecified atom stereocenters. The van der Waals surface area contributed by atoms with Gasteiger partial charge in [-0.25, -0.2) is 0 Å². The van der Waals surface area contributed by atoms with Crippen LogP contribution >= 0.6 is 0 Å². The lowest BCUT2D eigenvalue weighted by molar-refractivity contribution is -0.130. The highest BCUT2D eigenvalue weighted by atomic mass is 16.5. The van der Waals surface area contributed by atoms with E-state index in [-0.39, 0.29) is 18.1 Å². The van der Waals surface area contributed by atoms with Crippen LogP contribution in [0.5, 0.6) is 0 Å². The third-order valence-corrected chi connectivity index (χ3v) is 3.08. The molecule has 1 saturated heterocycles. The Bertz CT molecular complexity index is 259. The van der Waals surface area contributed by atoms with Crippen molar-refractivity contribution in [2.75, 3.05) is 33.5 Å². The number of nitrogens with zero attached hydrogens (tertiary/aromatic N) is 1. The van der Waals surface area contributed by atoms with Crippen molar-refractivity contribution in [1.29, 1.82) is 0 Å². The normalized spacial score (nSPS) is 24.3. The van der Waals surface area contributed by atoms with Crippen molar-refractivity contribution in [3.05, 3.63) is 0 Å². The van der Waals surface area contributed by atoms with E-state index < -0.39 is 0 Å². The number of nitrogens with one attached hydrogen (secondary N) is 1. The Morgan fingerprint density at radius 3 is 2.67 bits per heavy atom. The van der Waals surface area contributed by atoms with Crippen LogP contribution in [-0.4, -0.2) is 56.5 Å². The summed E-state index contributed by atoms with van der Waals surface area (Å²) >= 11 is 0. The maximum absolute atomic E-state index is 12.0. The quantitative estimate of drug-likeness (QED) is 0.656.